The van der Waals surface area contributed by atoms with E-state index in [1.807, 2.05) is 19.2 Å². The lowest BCUT2D eigenvalue weighted by Gasteiger charge is -2.15. The van der Waals surface area contributed by atoms with E-state index in [9.17, 15) is 0 Å². The largest absolute Gasteiger partial charge is 0.496 e. The third-order valence-corrected chi connectivity index (χ3v) is 3.32. The Balaban J connectivity index is 2.57. The summed E-state index contributed by atoms with van der Waals surface area (Å²) in [6.45, 7) is 2.97. The third-order valence-electron chi connectivity index (χ3n) is 3.32. The predicted octanol–water partition coefficient (Wildman–Crippen LogP) is 2.62. The highest BCUT2D eigenvalue weighted by atomic mass is 16.5. The molecule has 1 heterocycles. The molecule has 0 unspecified atom stereocenters. The van der Waals surface area contributed by atoms with Crippen molar-refractivity contribution in [2.75, 3.05) is 19.9 Å². The molecule has 3 N–H and O–H groups in total. The average molecular weight is 271 g/mol. The van der Waals surface area contributed by atoms with Gasteiger partial charge in [0.1, 0.15) is 11.6 Å². The Labute approximate surface area is 120 Å². The minimum absolute atomic E-state index is 0.516. The smallest absolute Gasteiger partial charge is 0.128 e. The molecule has 4 heteroatoms. The van der Waals surface area contributed by atoms with Gasteiger partial charge >= 0.3 is 0 Å². The lowest BCUT2D eigenvalue weighted by Crippen LogP contribution is -2.08. The number of nitrogens with two attached hydrogens (primary N) is 1. The second-order valence-electron chi connectivity index (χ2n) is 4.65. The molecule has 0 bridgehead atoms. The van der Waals surface area contributed by atoms with Crippen LogP contribution in [0.3, 0.4) is 0 Å². The topological polar surface area (TPSA) is 60.2 Å². The molecule has 0 spiro atoms. The molecular weight excluding hydrogens is 250 g/mol. The van der Waals surface area contributed by atoms with Gasteiger partial charge in [0.25, 0.3) is 0 Å². The van der Waals surface area contributed by atoms with Crippen LogP contribution in [0.5, 0.6) is 5.75 Å². The van der Waals surface area contributed by atoms with Gasteiger partial charge in [-0.25, -0.2) is 4.98 Å². The SMILES string of the molecule is CCc1cc(-c2cccc(N)n2)c(OC)cc1CNC. The minimum atomic E-state index is 0.516. The summed E-state index contributed by atoms with van der Waals surface area (Å²) in [5, 5.41) is 3.19. The van der Waals surface area contributed by atoms with E-state index >= 15 is 0 Å². The fraction of sp³-hybridized carbons (Fsp3) is 0.312. The van der Waals surface area contributed by atoms with Gasteiger partial charge in [0.2, 0.25) is 0 Å². The second kappa shape index (κ2) is 6.39. The van der Waals surface area contributed by atoms with Crippen LogP contribution in [0.25, 0.3) is 11.3 Å². The van der Waals surface area contributed by atoms with E-state index in [1.165, 1.54) is 11.1 Å². The maximum absolute atomic E-state index is 5.77. The number of nitrogen functional groups attached to an aromatic ring is 1. The zero-order chi connectivity index (χ0) is 14.5. The van der Waals surface area contributed by atoms with Crippen LogP contribution in [0, 0.1) is 0 Å². The molecule has 0 fully saturated rings. The Morgan fingerprint density at radius 2 is 2.05 bits per heavy atom. The Morgan fingerprint density at radius 3 is 2.65 bits per heavy atom. The van der Waals surface area contributed by atoms with Crippen molar-refractivity contribution >= 4 is 5.82 Å². The van der Waals surface area contributed by atoms with Crippen LogP contribution in [0.15, 0.2) is 30.3 Å². The minimum Gasteiger partial charge on any atom is -0.496 e. The Hall–Kier alpha value is -2.07. The van der Waals surface area contributed by atoms with Crippen molar-refractivity contribution in [3.63, 3.8) is 0 Å². The van der Waals surface area contributed by atoms with Gasteiger partial charge in [-0.2, -0.15) is 0 Å². The van der Waals surface area contributed by atoms with E-state index in [2.05, 4.69) is 29.4 Å². The van der Waals surface area contributed by atoms with Crippen molar-refractivity contribution in [1.82, 2.24) is 10.3 Å². The first kappa shape index (κ1) is 14.3. The van der Waals surface area contributed by atoms with Crippen LogP contribution in [0.1, 0.15) is 18.1 Å². The van der Waals surface area contributed by atoms with Crippen LogP contribution >= 0.6 is 0 Å². The number of rotatable bonds is 5. The van der Waals surface area contributed by atoms with Crippen molar-refractivity contribution in [2.45, 2.75) is 19.9 Å². The second-order valence-corrected chi connectivity index (χ2v) is 4.65. The monoisotopic (exact) mass is 271 g/mol. The van der Waals surface area contributed by atoms with Gasteiger partial charge in [-0.15, -0.1) is 0 Å². The summed E-state index contributed by atoms with van der Waals surface area (Å²) in [6.07, 6.45) is 0.969. The molecule has 0 aliphatic heterocycles. The first-order chi connectivity index (χ1) is 9.69. The number of benzene rings is 1. The highest BCUT2D eigenvalue weighted by molar-refractivity contribution is 5.70. The van der Waals surface area contributed by atoms with Crippen molar-refractivity contribution < 1.29 is 4.74 Å². The van der Waals surface area contributed by atoms with Gasteiger partial charge in [0.05, 0.1) is 12.8 Å². The normalized spacial score (nSPS) is 10.6. The molecule has 20 heavy (non-hydrogen) atoms. The van der Waals surface area contributed by atoms with Gasteiger partial charge < -0.3 is 15.8 Å². The predicted molar refractivity (Wildman–Crippen MR) is 82.8 cm³/mol. The number of ether oxygens (including phenoxy) is 1. The molecule has 0 saturated carbocycles. The molecule has 0 radical (unpaired) electrons. The summed E-state index contributed by atoms with van der Waals surface area (Å²) in [7, 11) is 3.62. The van der Waals surface area contributed by atoms with E-state index in [-0.39, 0.29) is 0 Å². The number of pyridine rings is 1. The van der Waals surface area contributed by atoms with E-state index in [4.69, 9.17) is 10.5 Å². The van der Waals surface area contributed by atoms with Gasteiger partial charge in [0, 0.05) is 12.1 Å². The summed E-state index contributed by atoms with van der Waals surface area (Å²) in [5.41, 5.74) is 10.1. The van der Waals surface area contributed by atoms with Crippen LogP contribution in [-0.2, 0) is 13.0 Å². The van der Waals surface area contributed by atoms with E-state index < -0.39 is 0 Å². The van der Waals surface area contributed by atoms with E-state index in [0.29, 0.717) is 5.82 Å². The zero-order valence-corrected chi connectivity index (χ0v) is 12.2. The van der Waals surface area contributed by atoms with E-state index in [1.54, 1.807) is 13.2 Å². The number of aromatic nitrogens is 1. The van der Waals surface area contributed by atoms with Crippen molar-refractivity contribution in [2.24, 2.45) is 0 Å². The van der Waals surface area contributed by atoms with Crippen LogP contribution in [-0.4, -0.2) is 19.1 Å². The third kappa shape index (κ3) is 2.91. The molecule has 0 aliphatic carbocycles. The maximum Gasteiger partial charge on any atom is 0.128 e. The van der Waals surface area contributed by atoms with Crippen LogP contribution < -0.4 is 15.8 Å². The molecule has 0 atom stereocenters. The molecule has 1 aromatic carbocycles. The molecule has 2 aromatic rings. The van der Waals surface area contributed by atoms with Gasteiger partial charge in [-0.3, -0.25) is 0 Å². The molecule has 2 rings (SSSR count). The Morgan fingerprint density at radius 1 is 1.25 bits per heavy atom. The van der Waals surface area contributed by atoms with Crippen molar-refractivity contribution in [3.05, 3.63) is 41.5 Å². The highest BCUT2D eigenvalue weighted by Crippen LogP contribution is 2.32. The Kier molecular flexibility index (Phi) is 4.58. The standard InChI is InChI=1S/C16H21N3O/c1-4-11-8-13(14-6-5-7-16(17)19-14)15(20-3)9-12(11)10-18-2/h5-9,18H,4,10H2,1-3H3,(H2,17,19). The average Bonchev–Trinajstić information content (AvgIpc) is 2.47. The first-order valence-corrected chi connectivity index (χ1v) is 6.76. The quantitative estimate of drug-likeness (QED) is 0.877. The summed E-state index contributed by atoms with van der Waals surface area (Å²) in [4.78, 5) is 4.39. The molecule has 4 nitrogen and oxygen atoms in total. The fourth-order valence-corrected chi connectivity index (χ4v) is 2.32. The number of nitrogens with one attached hydrogen (secondary N) is 1. The molecule has 0 aliphatic rings. The van der Waals surface area contributed by atoms with E-state index in [0.717, 1.165) is 30.0 Å². The van der Waals surface area contributed by atoms with Crippen LogP contribution in [0.4, 0.5) is 5.82 Å². The molecule has 0 amide bonds. The number of methoxy groups -OCH3 is 1. The molecular formula is C16H21N3O. The summed E-state index contributed by atoms with van der Waals surface area (Å²) in [6, 6.07) is 9.87. The lowest BCUT2D eigenvalue weighted by atomic mass is 9.98. The molecule has 1 aromatic heterocycles. The fourth-order valence-electron chi connectivity index (χ4n) is 2.32. The number of aryl methyl sites for hydroxylation is 1. The van der Waals surface area contributed by atoms with Crippen LogP contribution in [0.2, 0.25) is 0 Å². The molecule has 0 saturated heterocycles. The number of hydrogen-bond acceptors (Lipinski definition) is 4. The number of anilines is 1. The summed E-state index contributed by atoms with van der Waals surface area (Å²) < 4.78 is 5.52. The lowest BCUT2D eigenvalue weighted by molar-refractivity contribution is 0.415. The van der Waals surface area contributed by atoms with Gasteiger partial charge in [-0.1, -0.05) is 13.0 Å². The molecule has 106 valence electrons. The number of nitrogens with zero attached hydrogens (tertiary/aromatic N) is 1. The van der Waals surface area contributed by atoms with Gasteiger partial charge in [-0.05, 0) is 48.9 Å². The van der Waals surface area contributed by atoms with Crippen molar-refractivity contribution in [1.29, 1.82) is 0 Å². The summed E-state index contributed by atoms with van der Waals surface area (Å²) >= 11 is 0. The summed E-state index contributed by atoms with van der Waals surface area (Å²) in [5.74, 6) is 1.34. The first-order valence-electron chi connectivity index (χ1n) is 6.76. The Bertz CT molecular complexity index is 596. The highest BCUT2D eigenvalue weighted by Gasteiger charge is 2.12. The van der Waals surface area contributed by atoms with Crippen molar-refractivity contribution in [3.8, 4) is 17.0 Å². The maximum atomic E-state index is 5.77. The zero-order valence-electron chi connectivity index (χ0n) is 12.2. The number of hydrogen-bond donors (Lipinski definition) is 2. The van der Waals surface area contributed by atoms with Gasteiger partial charge in [0.15, 0.2) is 0 Å².